The van der Waals surface area contributed by atoms with Crippen molar-refractivity contribution in [2.75, 3.05) is 0 Å². The van der Waals surface area contributed by atoms with Gasteiger partial charge in [-0.25, -0.2) is 0 Å². The first-order chi connectivity index (χ1) is 12.1. The van der Waals surface area contributed by atoms with Crippen LogP contribution in [-0.4, -0.2) is 39.4 Å². The molecule has 4 nitrogen and oxygen atoms in total. The topological polar surface area (TPSA) is 70.1 Å². The number of rotatable bonds is 1. The normalized spacial score (nSPS) is 63.3. The van der Waals surface area contributed by atoms with Crippen molar-refractivity contribution in [1.29, 1.82) is 0 Å². The van der Waals surface area contributed by atoms with Gasteiger partial charge in [-0.2, -0.15) is 0 Å². The molecule has 5 fully saturated rings. The summed E-state index contributed by atoms with van der Waals surface area (Å²) in [5.74, 6) is 1.50. The summed E-state index contributed by atoms with van der Waals surface area (Å²) in [5.41, 5.74) is -1.44. The summed E-state index contributed by atoms with van der Waals surface area (Å²) in [6.07, 6.45) is 6.78. The summed E-state index contributed by atoms with van der Waals surface area (Å²) < 4.78 is 6.35. The summed E-state index contributed by atoms with van der Waals surface area (Å²) in [4.78, 5) is 12.5. The Morgan fingerprint density at radius 1 is 1.08 bits per heavy atom. The summed E-state index contributed by atoms with van der Waals surface area (Å²) in [5, 5.41) is 21.7. The maximum atomic E-state index is 12.5. The lowest BCUT2D eigenvalue weighted by atomic mass is 9.44. The number of epoxide rings is 1. The van der Waals surface area contributed by atoms with Gasteiger partial charge in [0, 0.05) is 17.3 Å². The fourth-order valence-corrected chi connectivity index (χ4v) is 8.75. The predicted molar refractivity (Wildman–Crippen MR) is 97.4 cm³/mol. The Bertz CT molecular complexity index is 663. The molecule has 2 N–H and O–H groups in total. The molecule has 4 saturated carbocycles. The van der Waals surface area contributed by atoms with Crippen molar-refractivity contribution in [3.05, 3.63) is 0 Å². The minimum atomic E-state index is -1.18. The highest BCUT2D eigenvalue weighted by Gasteiger charge is 2.77. The van der Waals surface area contributed by atoms with Crippen molar-refractivity contribution in [3.8, 4) is 0 Å². The Kier molecular flexibility index (Phi) is 3.34. The molecule has 0 bridgehead atoms. The number of carbonyl (C=O) groups excluding carboxylic acids is 1. The van der Waals surface area contributed by atoms with Gasteiger partial charge < -0.3 is 14.9 Å². The number of Topliss-reactive ketones (excluding diaryl/α,β-unsaturated/α-hetero) is 1. The Morgan fingerprint density at radius 3 is 2.46 bits per heavy atom. The smallest absolute Gasteiger partial charge is 0.162 e. The van der Waals surface area contributed by atoms with E-state index in [1.807, 2.05) is 0 Å². The Hall–Kier alpha value is -0.450. The van der Waals surface area contributed by atoms with Crippen molar-refractivity contribution < 1.29 is 19.7 Å². The van der Waals surface area contributed by atoms with Gasteiger partial charge in [-0.3, -0.25) is 4.79 Å². The van der Waals surface area contributed by atoms with Crippen LogP contribution in [0.5, 0.6) is 0 Å². The molecule has 1 spiro atoms. The van der Waals surface area contributed by atoms with Crippen LogP contribution >= 0.6 is 0 Å². The fourth-order valence-electron chi connectivity index (χ4n) is 8.75. The third kappa shape index (κ3) is 1.72. The number of hydrogen-bond acceptors (Lipinski definition) is 4. The Morgan fingerprint density at radius 2 is 1.77 bits per heavy atom. The maximum Gasteiger partial charge on any atom is 0.162 e. The minimum Gasteiger partial charge on any atom is -0.393 e. The number of carbonyl (C=O) groups is 1. The van der Waals surface area contributed by atoms with E-state index in [9.17, 15) is 15.0 Å². The van der Waals surface area contributed by atoms with Crippen molar-refractivity contribution in [1.82, 2.24) is 0 Å². The largest absolute Gasteiger partial charge is 0.393 e. The van der Waals surface area contributed by atoms with Gasteiger partial charge in [-0.05, 0) is 69.1 Å². The summed E-state index contributed by atoms with van der Waals surface area (Å²) in [6, 6.07) is 0. The third-order valence-electron chi connectivity index (χ3n) is 10.2. The number of ether oxygens (including phenoxy) is 1. The average molecular weight is 363 g/mol. The van der Waals surface area contributed by atoms with E-state index in [2.05, 4.69) is 20.8 Å². The summed E-state index contributed by atoms with van der Waals surface area (Å²) >= 11 is 0. The number of hydrogen-bond donors (Lipinski definition) is 2. The molecule has 0 radical (unpaired) electrons. The highest BCUT2D eigenvalue weighted by molar-refractivity contribution is 5.86. The van der Waals surface area contributed by atoms with Gasteiger partial charge in [0.05, 0.1) is 12.2 Å². The predicted octanol–water partition coefficient (Wildman–Crippen LogP) is 3.09. The zero-order chi connectivity index (χ0) is 18.7. The van der Waals surface area contributed by atoms with Gasteiger partial charge in [0.15, 0.2) is 5.78 Å². The zero-order valence-electron chi connectivity index (χ0n) is 16.6. The third-order valence-corrected chi connectivity index (χ3v) is 10.2. The molecular weight excluding hydrogens is 328 g/mol. The monoisotopic (exact) mass is 362 g/mol. The van der Waals surface area contributed by atoms with Gasteiger partial charge in [0.2, 0.25) is 0 Å². The van der Waals surface area contributed by atoms with Gasteiger partial charge in [0.1, 0.15) is 11.2 Å². The molecule has 1 aliphatic heterocycles. The Balaban J connectivity index is 1.53. The standard InChI is InChI=1S/C22H34O4/c1-12-9-17-15-10-18-21(26-18)11-14(24)5-7-19(21,3)16(15)6-8-20(17,4)22(12,25)13(2)23/h12,14-18,24-25H,5-11H2,1-4H3/t12-,14+,15-,16+,17+,18?,19-,20+,21?,22+/m1/s1. The van der Waals surface area contributed by atoms with Crippen LogP contribution in [0.1, 0.15) is 72.6 Å². The lowest BCUT2D eigenvalue weighted by Gasteiger charge is -2.59. The van der Waals surface area contributed by atoms with Crippen molar-refractivity contribution in [2.45, 2.75) is 96.1 Å². The molecule has 5 aliphatic rings. The lowest BCUT2D eigenvalue weighted by Crippen LogP contribution is -2.61. The quantitative estimate of drug-likeness (QED) is 0.703. The van der Waals surface area contributed by atoms with Crippen LogP contribution in [-0.2, 0) is 9.53 Å². The fraction of sp³-hybridized carbons (Fsp3) is 0.955. The minimum absolute atomic E-state index is 0.0292. The van der Waals surface area contributed by atoms with E-state index in [-0.39, 0.29) is 40.3 Å². The number of fused-ring (bicyclic) bond motifs is 4. The first-order valence-corrected chi connectivity index (χ1v) is 10.7. The van der Waals surface area contributed by atoms with E-state index in [0.29, 0.717) is 17.8 Å². The molecule has 4 heteroatoms. The number of aliphatic hydroxyl groups excluding tert-OH is 1. The number of aliphatic hydroxyl groups is 2. The second-order valence-electron chi connectivity index (χ2n) is 10.8. The van der Waals surface area contributed by atoms with Crippen LogP contribution in [0.15, 0.2) is 0 Å². The van der Waals surface area contributed by atoms with Crippen LogP contribution in [0.2, 0.25) is 0 Å². The molecule has 0 aromatic rings. The second kappa shape index (κ2) is 4.93. The average Bonchev–Trinajstić information content (AvgIpc) is 3.22. The van der Waals surface area contributed by atoms with E-state index in [4.69, 9.17) is 4.74 Å². The molecule has 2 unspecified atom stereocenters. The molecular formula is C22H34O4. The van der Waals surface area contributed by atoms with Gasteiger partial charge >= 0.3 is 0 Å². The maximum absolute atomic E-state index is 12.5. The second-order valence-corrected chi connectivity index (χ2v) is 10.8. The van der Waals surface area contributed by atoms with Crippen LogP contribution in [0.4, 0.5) is 0 Å². The van der Waals surface area contributed by atoms with Gasteiger partial charge in [-0.15, -0.1) is 0 Å². The SMILES string of the molecule is CC(=O)[C@@]1(O)[C@H](C)C[C@H]2[C@@H]3CC4OC45C[C@@H](O)CC[C@]5(C)[C@H]3CC[C@@]21C. The van der Waals surface area contributed by atoms with Crippen molar-refractivity contribution in [3.63, 3.8) is 0 Å². The molecule has 0 aromatic carbocycles. The molecule has 1 heterocycles. The molecule has 4 aliphatic carbocycles. The first-order valence-electron chi connectivity index (χ1n) is 10.7. The van der Waals surface area contributed by atoms with Crippen LogP contribution in [0, 0.1) is 34.5 Å². The van der Waals surface area contributed by atoms with Crippen molar-refractivity contribution >= 4 is 5.78 Å². The van der Waals surface area contributed by atoms with Crippen LogP contribution in [0.3, 0.4) is 0 Å². The summed E-state index contributed by atoms with van der Waals surface area (Å²) in [7, 11) is 0. The van der Waals surface area contributed by atoms with E-state index in [1.165, 1.54) is 0 Å². The van der Waals surface area contributed by atoms with Gasteiger partial charge in [-0.1, -0.05) is 20.8 Å². The van der Waals surface area contributed by atoms with Crippen molar-refractivity contribution in [2.24, 2.45) is 34.5 Å². The highest BCUT2D eigenvalue weighted by atomic mass is 16.6. The molecule has 10 atom stereocenters. The first kappa shape index (κ1) is 17.6. The molecule has 5 rings (SSSR count). The van der Waals surface area contributed by atoms with Crippen LogP contribution in [0.25, 0.3) is 0 Å². The highest BCUT2D eigenvalue weighted by Crippen LogP contribution is 2.74. The summed E-state index contributed by atoms with van der Waals surface area (Å²) in [6.45, 7) is 8.24. The van der Waals surface area contributed by atoms with Gasteiger partial charge in [0.25, 0.3) is 0 Å². The van der Waals surface area contributed by atoms with E-state index in [1.54, 1.807) is 6.92 Å². The lowest BCUT2D eigenvalue weighted by molar-refractivity contribution is -0.171. The molecule has 1 saturated heterocycles. The molecule has 0 amide bonds. The van der Waals surface area contributed by atoms with Crippen LogP contribution < -0.4 is 0 Å². The Labute approximate surface area is 156 Å². The molecule has 146 valence electrons. The number of ketones is 1. The molecule has 26 heavy (non-hydrogen) atoms. The van der Waals surface area contributed by atoms with E-state index >= 15 is 0 Å². The zero-order valence-corrected chi connectivity index (χ0v) is 16.6. The molecule has 0 aromatic heterocycles. The van der Waals surface area contributed by atoms with E-state index < -0.39 is 5.60 Å². The van der Waals surface area contributed by atoms with E-state index in [0.717, 1.165) is 44.9 Å².